The van der Waals surface area contributed by atoms with Gasteiger partial charge in [-0.2, -0.15) is 0 Å². The van der Waals surface area contributed by atoms with Gasteiger partial charge < -0.3 is 20.8 Å². The molecule has 96 valence electrons. The zero-order chi connectivity index (χ0) is 12.8. The highest BCUT2D eigenvalue weighted by Gasteiger charge is 2.12. The Morgan fingerprint density at radius 1 is 1.24 bits per heavy atom. The fraction of sp³-hybridized carbons (Fsp3) is 0.500. The maximum absolute atomic E-state index is 8.97. The summed E-state index contributed by atoms with van der Waals surface area (Å²) in [5.74, 6) is 0.885. The highest BCUT2D eigenvalue weighted by atomic mass is 35.5. The van der Waals surface area contributed by atoms with Crippen LogP contribution in [0.5, 0.6) is 0 Å². The average molecular weight is 280 g/mol. The van der Waals surface area contributed by atoms with E-state index in [0.717, 1.165) is 0 Å². The number of aliphatic hydroxyl groups excluding tert-OH is 2. The zero-order valence-corrected chi connectivity index (χ0v) is 10.9. The van der Waals surface area contributed by atoms with Crippen molar-refractivity contribution < 1.29 is 10.2 Å². The predicted octanol–water partition coefficient (Wildman–Crippen LogP) is 1.59. The number of halogens is 2. The molecule has 7 heteroatoms. The van der Waals surface area contributed by atoms with Crippen molar-refractivity contribution in [3.8, 4) is 0 Å². The standard InChI is InChI=1S/C10H15Cl2N3O2/c1-2-13-9-7(11)3-8(12)10(15-9)14-6(4-16)5-17/h3,6,16-17H,2,4-5H2,1H3,(H2,13,14,15). The van der Waals surface area contributed by atoms with E-state index in [-0.39, 0.29) is 13.2 Å². The first-order chi connectivity index (χ1) is 8.12. The van der Waals surface area contributed by atoms with E-state index in [0.29, 0.717) is 28.2 Å². The summed E-state index contributed by atoms with van der Waals surface area (Å²) >= 11 is 11.9. The van der Waals surface area contributed by atoms with Gasteiger partial charge in [-0.1, -0.05) is 23.2 Å². The number of hydrogen-bond acceptors (Lipinski definition) is 5. The molecule has 0 aliphatic carbocycles. The fourth-order valence-electron chi connectivity index (χ4n) is 1.20. The Balaban J connectivity index is 2.94. The lowest BCUT2D eigenvalue weighted by Crippen LogP contribution is -2.28. The van der Waals surface area contributed by atoms with Crippen LogP contribution in [-0.4, -0.2) is 41.0 Å². The van der Waals surface area contributed by atoms with E-state index in [9.17, 15) is 0 Å². The molecule has 1 aromatic heterocycles. The van der Waals surface area contributed by atoms with E-state index in [1.165, 1.54) is 0 Å². The van der Waals surface area contributed by atoms with E-state index in [2.05, 4.69) is 15.6 Å². The van der Waals surface area contributed by atoms with Crippen LogP contribution < -0.4 is 10.6 Å². The van der Waals surface area contributed by atoms with Crippen LogP contribution in [0.15, 0.2) is 6.07 Å². The summed E-state index contributed by atoms with van der Waals surface area (Å²) in [6.45, 7) is 2.17. The lowest BCUT2D eigenvalue weighted by molar-refractivity contribution is 0.203. The molecule has 0 saturated carbocycles. The van der Waals surface area contributed by atoms with Crippen molar-refractivity contribution in [3.63, 3.8) is 0 Å². The van der Waals surface area contributed by atoms with Gasteiger partial charge in [0.25, 0.3) is 0 Å². The van der Waals surface area contributed by atoms with Crippen LogP contribution >= 0.6 is 23.2 Å². The van der Waals surface area contributed by atoms with E-state index in [1.54, 1.807) is 6.07 Å². The van der Waals surface area contributed by atoms with Crippen LogP contribution in [0.2, 0.25) is 10.0 Å². The number of pyridine rings is 1. The zero-order valence-electron chi connectivity index (χ0n) is 9.37. The van der Waals surface area contributed by atoms with E-state index < -0.39 is 6.04 Å². The van der Waals surface area contributed by atoms with Gasteiger partial charge in [0.15, 0.2) is 0 Å². The Morgan fingerprint density at radius 3 is 2.35 bits per heavy atom. The molecule has 0 aliphatic heterocycles. The van der Waals surface area contributed by atoms with Gasteiger partial charge in [-0.05, 0) is 13.0 Å². The fourth-order valence-corrected chi connectivity index (χ4v) is 1.68. The molecule has 0 bridgehead atoms. The SMILES string of the molecule is CCNc1nc(NC(CO)CO)c(Cl)cc1Cl. The summed E-state index contributed by atoms with van der Waals surface area (Å²) in [5, 5.41) is 24.5. The summed E-state index contributed by atoms with van der Waals surface area (Å²) < 4.78 is 0. The number of aromatic nitrogens is 1. The highest BCUT2D eigenvalue weighted by Crippen LogP contribution is 2.29. The highest BCUT2D eigenvalue weighted by molar-refractivity contribution is 6.37. The average Bonchev–Trinajstić information content (AvgIpc) is 2.31. The van der Waals surface area contributed by atoms with Gasteiger partial charge in [0.1, 0.15) is 11.6 Å². The second-order valence-corrected chi connectivity index (χ2v) is 4.20. The number of nitrogens with zero attached hydrogens (tertiary/aromatic N) is 1. The minimum atomic E-state index is -0.504. The summed E-state index contributed by atoms with van der Waals surface area (Å²) in [6, 6.07) is 1.05. The first-order valence-electron chi connectivity index (χ1n) is 5.20. The molecule has 5 nitrogen and oxygen atoms in total. The summed E-state index contributed by atoms with van der Waals surface area (Å²) in [7, 11) is 0. The van der Waals surface area contributed by atoms with Gasteiger partial charge >= 0.3 is 0 Å². The maximum atomic E-state index is 8.97. The van der Waals surface area contributed by atoms with E-state index in [1.807, 2.05) is 6.92 Å². The summed E-state index contributed by atoms with van der Waals surface area (Å²) in [4.78, 5) is 4.19. The number of rotatable bonds is 6. The minimum Gasteiger partial charge on any atom is -0.394 e. The third kappa shape index (κ3) is 3.89. The van der Waals surface area contributed by atoms with Gasteiger partial charge in [0, 0.05) is 6.54 Å². The van der Waals surface area contributed by atoms with Gasteiger partial charge in [0.05, 0.1) is 29.3 Å². The molecule has 0 atom stereocenters. The molecule has 1 heterocycles. The van der Waals surface area contributed by atoms with Gasteiger partial charge in [-0.3, -0.25) is 0 Å². The summed E-state index contributed by atoms with van der Waals surface area (Å²) in [6.07, 6.45) is 0. The lowest BCUT2D eigenvalue weighted by Gasteiger charge is -2.16. The molecule has 0 amide bonds. The lowest BCUT2D eigenvalue weighted by atomic mass is 10.3. The maximum Gasteiger partial charge on any atom is 0.147 e. The molecule has 0 spiro atoms. The first-order valence-corrected chi connectivity index (χ1v) is 5.96. The van der Waals surface area contributed by atoms with Crippen molar-refractivity contribution in [1.29, 1.82) is 0 Å². The second kappa shape index (κ2) is 6.86. The van der Waals surface area contributed by atoms with Crippen LogP contribution in [0, 0.1) is 0 Å². The largest absolute Gasteiger partial charge is 0.394 e. The molecule has 1 rings (SSSR count). The number of aliphatic hydroxyl groups is 2. The van der Waals surface area contributed by atoms with Crippen molar-refractivity contribution in [2.45, 2.75) is 13.0 Å². The van der Waals surface area contributed by atoms with Crippen molar-refractivity contribution in [3.05, 3.63) is 16.1 Å². The molecular formula is C10H15Cl2N3O2. The number of hydrogen-bond donors (Lipinski definition) is 4. The molecule has 0 saturated heterocycles. The molecule has 4 N–H and O–H groups in total. The molecule has 0 aromatic carbocycles. The quantitative estimate of drug-likeness (QED) is 0.636. The van der Waals surface area contributed by atoms with E-state index in [4.69, 9.17) is 33.4 Å². The van der Waals surface area contributed by atoms with Gasteiger partial charge in [0.2, 0.25) is 0 Å². The Kier molecular flexibility index (Phi) is 5.77. The Hall–Kier alpha value is -0.750. The van der Waals surface area contributed by atoms with Gasteiger partial charge in [-0.15, -0.1) is 0 Å². The second-order valence-electron chi connectivity index (χ2n) is 3.39. The molecule has 0 aliphatic rings. The van der Waals surface area contributed by atoms with Crippen molar-refractivity contribution in [1.82, 2.24) is 4.98 Å². The Labute approximate surface area is 110 Å². The van der Waals surface area contributed by atoms with Crippen LogP contribution in [0.1, 0.15) is 6.92 Å². The molecule has 0 radical (unpaired) electrons. The van der Waals surface area contributed by atoms with Crippen LogP contribution in [0.4, 0.5) is 11.6 Å². The van der Waals surface area contributed by atoms with Crippen molar-refractivity contribution in [2.24, 2.45) is 0 Å². The van der Waals surface area contributed by atoms with E-state index >= 15 is 0 Å². The third-order valence-electron chi connectivity index (χ3n) is 2.06. The normalized spacial score (nSPS) is 10.7. The minimum absolute atomic E-state index is 0.215. The molecular weight excluding hydrogens is 265 g/mol. The monoisotopic (exact) mass is 279 g/mol. The summed E-state index contributed by atoms with van der Waals surface area (Å²) in [5.41, 5.74) is 0. The third-order valence-corrected chi connectivity index (χ3v) is 2.63. The smallest absolute Gasteiger partial charge is 0.147 e. The Morgan fingerprint density at radius 2 is 1.82 bits per heavy atom. The van der Waals surface area contributed by atoms with Crippen molar-refractivity contribution >= 4 is 34.8 Å². The molecule has 1 aromatic rings. The number of anilines is 2. The first kappa shape index (κ1) is 14.3. The molecule has 17 heavy (non-hydrogen) atoms. The van der Waals surface area contributed by atoms with Crippen LogP contribution in [0.25, 0.3) is 0 Å². The van der Waals surface area contributed by atoms with Crippen molar-refractivity contribution in [2.75, 3.05) is 30.4 Å². The topological polar surface area (TPSA) is 77.4 Å². The van der Waals surface area contributed by atoms with Crippen LogP contribution in [-0.2, 0) is 0 Å². The molecule has 0 fully saturated rings. The van der Waals surface area contributed by atoms with Gasteiger partial charge in [-0.25, -0.2) is 4.98 Å². The number of nitrogens with one attached hydrogen (secondary N) is 2. The van der Waals surface area contributed by atoms with Crippen LogP contribution in [0.3, 0.4) is 0 Å². The Bertz CT molecular complexity index is 373. The molecule has 0 unspecified atom stereocenters. The predicted molar refractivity (Wildman–Crippen MR) is 70.0 cm³/mol.